The first kappa shape index (κ1) is 19.4. The third-order valence-corrected chi connectivity index (χ3v) is 6.44. The number of benzene rings is 1. The van der Waals surface area contributed by atoms with E-state index >= 15 is 0 Å². The third-order valence-electron chi connectivity index (χ3n) is 5.27. The van der Waals surface area contributed by atoms with E-state index in [0.29, 0.717) is 12.0 Å². The highest BCUT2D eigenvalue weighted by Gasteiger charge is 2.53. The molecule has 0 radical (unpaired) electrons. The Kier molecular flexibility index (Phi) is 5.17. The summed E-state index contributed by atoms with van der Waals surface area (Å²) in [4.78, 5) is 0. The smallest absolute Gasteiger partial charge is 0.488 e. The Balaban J connectivity index is 1.88. The lowest BCUT2D eigenvalue weighted by Crippen LogP contribution is -2.41. The Hall–Kier alpha value is -0.365. The largest absolute Gasteiger partial charge is 0.514 e. The average Bonchev–Trinajstić information content (AvgIpc) is 3.18. The number of ether oxygens (including phenoxy) is 1. The van der Waals surface area contributed by atoms with Gasteiger partial charge in [0, 0.05) is 17.6 Å². The normalized spacial score (nSPS) is 23.0. The lowest BCUT2D eigenvalue weighted by atomic mass is 9.77. The van der Waals surface area contributed by atoms with Gasteiger partial charge in [0.15, 0.2) is 0 Å². The van der Waals surface area contributed by atoms with E-state index in [1.54, 1.807) is 0 Å². The van der Waals surface area contributed by atoms with Crippen molar-refractivity contribution < 1.29 is 14.0 Å². The van der Waals surface area contributed by atoms with Crippen LogP contribution in [0.15, 0.2) is 18.2 Å². The fourth-order valence-corrected chi connectivity index (χ4v) is 3.81. The molecule has 2 fully saturated rings. The molecule has 0 spiro atoms. The molecule has 25 heavy (non-hydrogen) atoms. The number of rotatable bonds is 6. The zero-order valence-electron chi connectivity index (χ0n) is 15.3. The van der Waals surface area contributed by atoms with Crippen LogP contribution in [0.3, 0.4) is 0 Å². The Labute approximate surface area is 164 Å². The van der Waals surface area contributed by atoms with Crippen LogP contribution in [0.5, 0.6) is 5.75 Å². The van der Waals surface area contributed by atoms with Gasteiger partial charge in [-0.1, -0.05) is 0 Å². The predicted molar refractivity (Wildman–Crippen MR) is 114 cm³/mol. The molecule has 1 aromatic rings. The van der Waals surface area contributed by atoms with Gasteiger partial charge in [0.05, 0.1) is 16.8 Å². The Morgan fingerprint density at radius 3 is 2.32 bits per heavy atom. The van der Waals surface area contributed by atoms with Crippen LogP contribution in [0.2, 0.25) is 0 Å². The molecular formula is C17H25BIN2O3P. The van der Waals surface area contributed by atoms with Crippen molar-refractivity contribution in [1.82, 2.24) is 0 Å². The maximum absolute atomic E-state index is 8.70. The molecule has 5 nitrogen and oxygen atoms in total. The molecule has 1 atom stereocenters. The highest BCUT2D eigenvalue weighted by Crippen LogP contribution is 2.42. The van der Waals surface area contributed by atoms with E-state index < -0.39 is 18.3 Å². The highest BCUT2D eigenvalue weighted by molar-refractivity contribution is 14.2. The first-order chi connectivity index (χ1) is 11.6. The molecule has 0 aromatic heterocycles. The summed E-state index contributed by atoms with van der Waals surface area (Å²) in [6, 6.07) is 5.86. The number of halogens is 1. The van der Waals surface area contributed by atoms with Crippen LogP contribution in [-0.4, -0.2) is 29.5 Å². The molecule has 2 aliphatic rings. The Morgan fingerprint density at radius 1 is 1.20 bits per heavy atom. The molecule has 0 bridgehead atoms. The van der Waals surface area contributed by atoms with E-state index in [1.165, 1.54) is 0 Å². The minimum absolute atomic E-state index is 0.0518. The zero-order valence-corrected chi connectivity index (χ0v) is 18.5. The minimum atomic E-state index is -0.685. The van der Waals surface area contributed by atoms with Crippen LogP contribution in [0.25, 0.3) is 0 Å². The van der Waals surface area contributed by atoms with Gasteiger partial charge in [-0.3, -0.25) is 0 Å². The lowest BCUT2D eigenvalue weighted by molar-refractivity contribution is 0.00578. The number of nitrogens with one attached hydrogen (secondary N) is 2. The maximum atomic E-state index is 8.70. The second-order valence-corrected chi connectivity index (χ2v) is 10.0. The monoisotopic (exact) mass is 474 g/mol. The van der Waals surface area contributed by atoms with Crippen LogP contribution in [0, 0.1) is 5.41 Å². The van der Waals surface area contributed by atoms with Gasteiger partial charge >= 0.3 is 7.12 Å². The highest BCUT2D eigenvalue weighted by atomic mass is 127. The van der Waals surface area contributed by atoms with Crippen molar-refractivity contribution in [3.63, 3.8) is 0 Å². The minimum Gasteiger partial charge on any atom is -0.488 e. The molecule has 2 N–H and O–H groups in total. The molecular weight excluding hydrogens is 449 g/mol. The molecule has 136 valence electrons. The summed E-state index contributed by atoms with van der Waals surface area (Å²) in [5, 5.41) is 12.0. The van der Waals surface area contributed by atoms with Crippen LogP contribution in [0.4, 0.5) is 5.69 Å². The summed E-state index contributed by atoms with van der Waals surface area (Å²) in [6.45, 7) is 10.1. The van der Waals surface area contributed by atoms with Gasteiger partial charge in [-0.2, -0.15) is 0 Å². The second-order valence-electron chi connectivity index (χ2n) is 7.98. The second kappa shape index (κ2) is 6.66. The summed E-state index contributed by atoms with van der Waals surface area (Å²) in [5.74, 6) is 0.790. The van der Waals surface area contributed by atoms with Crippen molar-refractivity contribution in [2.75, 3.05) is 5.09 Å². The summed E-state index contributed by atoms with van der Waals surface area (Å²) >= 11 is 2.28. The van der Waals surface area contributed by atoms with Crippen molar-refractivity contribution in [3.05, 3.63) is 23.8 Å². The summed E-state index contributed by atoms with van der Waals surface area (Å²) in [7, 11) is -0.685. The van der Waals surface area contributed by atoms with Crippen LogP contribution in [-0.2, 0) is 9.31 Å². The van der Waals surface area contributed by atoms with Crippen molar-refractivity contribution in [2.45, 2.75) is 64.3 Å². The SMILES string of the molecule is CC1(Oc2ccc(NPI)c(C(=N)B3OC(C)(C)C(C)(C)O3)c2)CC1. The number of hydrogen-bond acceptors (Lipinski definition) is 5. The van der Waals surface area contributed by atoms with Gasteiger partial charge in [0.1, 0.15) is 11.4 Å². The Bertz CT molecular complexity index is 678. The molecule has 1 saturated carbocycles. The van der Waals surface area contributed by atoms with Crippen LogP contribution >= 0.6 is 28.4 Å². The summed E-state index contributed by atoms with van der Waals surface area (Å²) < 4.78 is 18.2. The van der Waals surface area contributed by atoms with E-state index in [-0.39, 0.29) is 5.60 Å². The van der Waals surface area contributed by atoms with Gasteiger partial charge in [0.2, 0.25) is 0 Å². The van der Waals surface area contributed by atoms with Crippen molar-refractivity contribution >= 4 is 46.8 Å². The van der Waals surface area contributed by atoms with Gasteiger partial charge < -0.3 is 24.5 Å². The zero-order chi connectivity index (χ0) is 18.5. The molecule has 1 unspecified atom stereocenters. The molecule has 1 aliphatic carbocycles. The Morgan fingerprint density at radius 2 is 1.80 bits per heavy atom. The lowest BCUT2D eigenvalue weighted by Gasteiger charge is -2.32. The third kappa shape index (κ3) is 3.99. The molecule has 3 rings (SSSR count). The van der Waals surface area contributed by atoms with Gasteiger partial charge in [0.25, 0.3) is 0 Å². The van der Waals surface area contributed by atoms with E-state index in [1.807, 2.05) is 45.9 Å². The van der Waals surface area contributed by atoms with Crippen molar-refractivity contribution in [1.29, 1.82) is 5.41 Å². The fraction of sp³-hybridized carbons (Fsp3) is 0.588. The standard InChI is InChI=1S/C17H25BIN2O3P/c1-15(2)16(3,4)24-18(23-15)14(20)12-10-11(22-17(5)8-9-17)6-7-13(12)21-25-19/h6-7,10,20-21,25H,8-9H2,1-5H3. The average molecular weight is 474 g/mol. The van der Waals surface area contributed by atoms with Crippen LogP contribution in [0.1, 0.15) is 53.0 Å². The topological polar surface area (TPSA) is 63.6 Å². The van der Waals surface area contributed by atoms with E-state index in [9.17, 15) is 0 Å². The quantitative estimate of drug-likeness (QED) is 0.265. The van der Waals surface area contributed by atoms with Crippen LogP contribution < -0.4 is 9.82 Å². The predicted octanol–water partition coefficient (Wildman–Crippen LogP) is 4.97. The molecule has 1 heterocycles. The summed E-state index contributed by atoms with van der Waals surface area (Å²) in [6.07, 6.45) is 2.66. The van der Waals surface area contributed by atoms with Gasteiger partial charge in [-0.05, 0) is 87.7 Å². The van der Waals surface area contributed by atoms with E-state index in [2.05, 4.69) is 34.1 Å². The van der Waals surface area contributed by atoms with E-state index in [4.69, 9.17) is 19.5 Å². The first-order valence-electron chi connectivity index (χ1n) is 8.46. The van der Waals surface area contributed by atoms with Crippen molar-refractivity contribution in [3.8, 4) is 5.75 Å². The maximum Gasteiger partial charge on any atom is 0.514 e. The summed E-state index contributed by atoms with van der Waals surface area (Å²) in [5.41, 5.74) is 1.02. The first-order valence-corrected chi connectivity index (χ1v) is 12.6. The number of anilines is 1. The fourth-order valence-electron chi connectivity index (χ4n) is 2.62. The molecule has 1 aliphatic heterocycles. The molecule has 8 heteroatoms. The molecule has 1 saturated heterocycles. The van der Waals surface area contributed by atoms with Gasteiger partial charge in [-0.25, -0.2) is 0 Å². The van der Waals surface area contributed by atoms with E-state index in [0.717, 1.165) is 29.8 Å². The number of hydrogen-bond donors (Lipinski definition) is 2. The van der Waals surface area contributed by atoms with Crippen molar-refractivity contribution in [2.24, 2.45) is 0 Å². The molecule has 0 amide bonds. The van der Waals surface area contributed by atoms with Gasteiger partial charge in [-0.15, -0.1) is 0 Å². The molecule has 1 aromatic carbocycles.